The molecule has 190 valence electrons. The van der Waals surface area contributed by atoms with Gasteiger partial charge >= 0.3 is 7.12 Å². The maximum Gasteiger partial charge on any atom is 0.494 e. The van der Waals surface area contributed by atoms with Gasteiger partial charge in [0.15, 0.2) is 0 Å². The van der Waals surface area contributed by atoms with Crippen LogP contribution < -0.4 is 5.46 Å². The van der Waals surface area contributed by atoms with Crippen molar-refractivity contribution in [2.45, 2.75) is 38.9 Å². The number of furan rings is 2. The Balaban J connectivity index is 1.38. The van der Waals surface area contributed by atoms with E-state index in [0.717, 1.165) is 60.5 Å². The lowest BCUT2D eigenvalue weighted by molar-refractivity contribution is 0.00578. The third kappa shape index (κ3) is 3.33. The van der Waals surface area contributed by atoms with Crippen LogP contribution in [-0.2, 0) is 9.31 Å². The van der Waals surface area contributed by atoms with Gasteiger partial charge in [-0.25, -0.2) is 0 Å². The molecule has 1 saturated heterocycles. The normalized spacial score (nSPS) is 16.9. The van der Waals surface area contributed by atoms with Crippen LogP contribution in [0, 0.1) is 0 Å². The molecule has 8 rings (SSSR count). The fourth-order valence-electron chi connectivity index (χ4n) is 5.85. The fourth-order valence-corrected chi connectivity index (χ4v) is 5.85. The number of benzene rings is 5. The second-order valence-electron chi connectivity index (χ2n) is 11.6. The van der Waals surface area contributed by atoms with E-state index in [2.05, 4.69) is 107 Å². The first-order valence-corrected chi connectivity index (χ1v) is 13.4. The summed E-state index contributed by atoms with van der Waals surface area (Å²) in [7, 11) is -0.490. The Kier molecular flexibility index (Phi) is 4.55. The van der Waals surface area contributed by atoms with Crippen molar-refractivity contribution in [3.05, 3.63) is 91.0 Å². The van der Waals surface area contributed by atoms with Crippen molar-refractivity contribution >= 4 is 67.2 Å². The number of hydrogen-bond donors (Lipinski definition) is 0. The van der Waals surface area contributed by atoms with Gasteiger partial charge in [0.05, 0.1) is 11.2 Å². The van der Waals surface area contributed by atoms with Crippen molar-refractivity contribution in [3.8, 4) is 11.1 Å². The van der Waals surface area contributed by atoms with Gasteiger partial charge in [0.1, 0.15) is 22.3 Å². The van der Waals surface area contributed by atoms with E-state index in [1.807, 2.05) is 12.1 Å². The van der Waals surface area contributed by atoms with Crippen LogP contribution >= 0.6 is 0 Å². The van der Waals surface area contributed by atoms with Crippen molar-refractivity contribution in [2.24, 2.45) is 0 Å². The van der Waals surface area contributed by atoms with Crippen LogP contribution in [0.1, 0.15) is 27.7 Å². The molecule has 0 aliphatic carbocycles. The molecule has 4 nitrogen and oxygen atoms in total. The van der Waals surface area contributed by atoms with Crippen molar-refractivity contribution in [3.63, 3.8) is 0 Å². The summed E-state index contributed by atoms with van der Waals surface area (Å²) in [6.45, 7) is 8.31. The van der Waals surface area contributed by atoms with E-state index >= 15 is 0 Å². The molecule has 7 aromatic rings. The summed E-state index contributed by atoms with van der Waals surface area (Å²) in [4.78, 5) is 0. The predicted molar refractivity (Wildman–Crippen MR) is 160 cm³/mol. The predicted octanol–water partition coefficient (Wildman–Crippen LogP) is 8.60. The van der Waals surface area contributed by atoms with Gasteiger partial charge < -0.3 is 18.1 Å². The van der Waals surface area contributed by atoms with E-state index in [1.165, 1.54) is 10.8 Å². The first kappa shape index (κ1) is 22.9. The Morgan fingerprint density at radius 3 is 1.97 bits per heavy atom. The molecule has 5 aromatic carbocycles. The molecule has 1 fully saturated rings. The molecular weight excluding hydrogens is 483 g/mol. The van der Waals surface area contributed by atoms with Crippen molar-refractivity contribution in [1.29, 1.82) is 0 Å². The van der Waals surface area contributed by atoms with Gasteiger partial charge in [-0.05, 0) is 91.5 Å². The third-order valence-corrected chi connectivity index (χ3v) is 8.67. The average molecular weight is 510 g/mol. The minimum atomic E-state index is -0.490. The quantitative estimate of drug-likeness (QED) is 0.219. The van der Waals surface area contributed by atoms with Crippen LogP contribution in [0.2, 0.25) is 0 Å². The maximum absolute atomic E-state index is 6.44. The zero-order chi connectivity index (χ0) is 26.5. The standard InChI is InChI=1S/C34H27BO4/c1-33(2)34(3,4)39-35(38-33)23-18-25(32-24-11-7-8-12-28(24)37-31(32)19-23)22-13-14-29-26(16-22)27-15-20-9-5-6-10-21(20)17-30(27)36-29/h5-19H,1-4H3. The smallest absolute Gasteiger partial charge is 0.456 e. The minimum absolute atomic E-state index is 0.432. The lowest BCUT2D eigenvalue weighted by Gasteiger charge is -2.32. The van der Waals surface area contributed by atoms with E-state index in [0.29, 0.717) is 0 Å². The topological polar surface area (TPSA) is 44.7 Å². The largest absolute Gasteiger partial charge is 0.494 e. The molecule has 0 saturated carbocycles. The molecule has 0 amide bonds. The zero-order valence-corrected chi connectivity index (χ0v) is 22.4. The van der Waals surface area contributed by atoms with Crippen LogP contribution in [0.4, 0.5) is 0 Å². The van der Waals surface area contributed by atoms with Crippen LogP contribution in [-0.4, -0.2) is 18.3 Å². The number of hydrogen-bond acceptors (Lipinski definition) is 4. The van der Waals surface area contributed by atoms with Gasteiger partial charge in [0.25, 0.3) is 0 Å². The lowest BCUT2D eigenvalue weighted by atomic mass is 9.77. The van der Waals surface area contributed by atoms with Gasteiger partial charge in [0.2, 0.25) is 0 Å². The van der Waals surface area contributed by atoms with Crippen LogP contribution in [0.25, 0.3) is 65.8 Å². The van der Waals surface area contributed by atoms with Gasteiger partial charge in [-0.2, -0.15) is 0 Å². The second kappa shape index (κ2) is 7.75. The van der Waals surface area contributed by atoms with E-state index in [9.17, 15) is 0 Å². The van der Waals surface area contributed by atoms with Crippen LogP contribution in [0.3, 0.4) is 0 Å². The SMILES string of the molecule is CC1(C)OB(c2cc(-c3ccc4oc5cc6ccccc6cc5c4c3)c3c(c2)oc2ccccc23)OC1(C)C. The van der Waals surface area contributed by atoms with Gasteiger partial charge in [-0.3, -0.25) is 0 Å². The molecule has 5 heteroatoms. The summed E-state index contributed by atoms with van der Waals surface area (Å²) in [5.74, 6) is 0. The Hall–Kier alpha value is -4.06. The van der Waals surface area contributed by atoms with E-state index in [4.69, 9.17) is 18.1 Å². The molecule has 3 heterocycles. The van der Waals surface area contributed by atoms with Crippen molar-refractivity contribution in [1.82, 2.24) is 0 Å². The minimum Gasteiger partial charge on any atom is -0.456 e. The van der Waals surface area contributed by atoms with E-state index < -0.39 is 18.3 Å². The van der Waals surface area contributed by atoms with Gasteiger partial charge in [-0.1, -0.05) is 54.6 Å². The molecule has 0 bridgehead atoms. The summed E-state index contributed by atoms with van der Waals surface area (Å²) in [6, 6.07) is 31.7. The Morgan fingerprint density at radius 1 is 0.538 bits per heavy atom. The Bertz CT molecular complexity index is 2080. The summed E-state index contributed by atoms with van der Waals surface area (Å²) in [5.41, 5.74) is 5.70. The van der Waals surface area contributed by atoms with E-state index in [-0.39, 0.29) is 0 Å². The van der Waals surface area contributed by atoms with Crippen molar-refractivity contribution in [2.75, 3.05) is 0 Å². The second-order valence-corrected chi connectivity index (χ2v) is 11.6. The first-order valence-electron chi connectivity index (χ1n) is 13.4. The highest BCUT2D eigenvalue weighted by molar-refractivity contribution is 6.62. The van der Waals surface area contributed by atoms with Crippen LogP contribution in [0.5, 0.6) is 0 Å². The van der Waals surface area contributed by atoms with Crippen molar-refractivity contribution < 1.29 is 18.1 Å². The number of rotatable bonds is 2. The molecule has 1 aliphatic rings. The Morgan fingerprint density at radius 2 is 1.18 bits per heavy atom. The van der Waals surface area contributed by atoms with Gasteiger partial charge in [0, 0.05) is 21.5 Å². The summed E-state index contributed by atoms with van der Waals surface area (Å²) in [5, 5.41) is 6.75. The lowest BCUT2D eigenvalue weighted by Crippen LogP contribution is -2.41. The fraction of sp³-hybridized carbons (Fsp3) is 0.176. The highest BCUT2D eigenvalue weighted by atomic mass is 16.7. The average Bonchev–Trinajstić information content (AvgIpc) is 3.54. The zero-order valence-electron chi connectivity index (χ0n) is 22.4. The molecule has 0 radical (unpaired) electrons. The van der Waals surface area contributed by atoms with Gasteiger partial charge in [-0.15, -0.1) is 0 Å². The Labute approximate surface area is 226 Å². The maximum atomic E-state index is 6.44. The molecule has 0 atom stereocenters. The monoisotopic (exact) mass is 510 g/mol. The third-order valence-electron chi connectivity index (χ3n) is 8.67. The first-order chi connectivity index (χ1) is 18.8. The molecule has 0 spiro atoms. The molecular formula is C34H27BO4. The molecule has 2 aromatic heterocycles. The molecule has 0 unspecified atom stereocenters. The summed E-state index contributed by atoms with van der Waals surface area (Å²) >= 11 is 0. The van der Waals surface area contributed by atoms with E-state index in [1.54, 1.807) is 0 Å². The number of fused-ring (bicyclic) bond motifs is 7. The number of para-hydroxylation sites is 1. The van der Waals surface area contributed by atoms with Crippen LogP contribution in [0.15, 0.2) is 99.8 Å². The molecule has 0 N–H and O–H groups in total. The highest BCUT2D eigenvalue weighted by Gasteiger charge is 2.52. The molecule has 39 heavy (non-hydrogen) atoms. The highest BCUT2D eigenvalue weighted by Crippen LogP contribution is 2.41. The summed E-state index contributed by atoms with van der Waals surface area (Å²) < 4.78 is 25.5. The molecule has 1 aliphatic heterocycles. The summed E-state index contributed by atoms with van der Waals surface area (Å²) in [6.07, 6.45) is 0.